The highest BCUT2D eigenvalue weighted by Gasteiger charge is 2.12. The van der Waals surface area contributed by atoms with Gasteiger partial charge < -0.3 is 11.1 Å². The minimum absolute atomic E-state index is 0.329. The molecule has 0 amide bonds. The number of rotatable bonds is 6. The summed E-state index contributed by atoms with van der Waals surface area (Å²) in [6, 6.07) is 7.56. The molecule has 0 atom stereocenters. The lowest BCUT2D eigenvalue weighted by molar-refractivity contribution is 0.121. The number of anilines is 3. The van der Waals surface area contributed by atoms with Crippen LogP contribution in [0.2, 0.25) is 0 Å². The molecule has 3 N–H and O–H groups in total. The zero-order chi connectivity index (χ0) is 19.7. The molecule has 0 aliphatic heterocycles. The van der Waals surface area contributed by atoms with Crippen molar-refractivity contribution in [2.45, 2.75) is 26.4 Å². The number of para-hydroxylation sites is 1. The van der Waals surface area contributed by atoms with Crippen molar-refractivity contribution in [3.63, 3.8) is 0 Å². The minimum atomic E-state index is -2.47. The number of nitrogens with one attached hydrogen (secondary N) is 1. The average Bonchev–Trinajstić information content (AvgIpc) is 3.20. The molecule has 3 heterocycles. The van der Waals surface area contributed by atoms with Crippen molar-refractivity contribution in [3.8, 4) is 0 Å². The summed E-state index contributed by atoms with van der Waals surface area (Å²) in [5.74, 6) is 0.329. The van der Waals surface area contributed by atoms with Gasteiger partial charge in [-0.2, -0.15) is 15.2 Å². The fourth-order valence-corrected chi connectivity index (χ4v) is 2.88. The maximum Gasteiger partial charge on any atom is 0.257 e. The SMILES string of the molecule is Cc1nn(CC(F)F)cc1Nc1ncc2cnn(Cc3ccccc3N)c2n1. The molecule has 0 spiro atoms. The Morgan fingerprint density at radius 3 is 2.82 bits per heavy atom. The van der Waals surface area contributed by atoms with E-state index >= 15 is 0 Å². The Morgan fingerprint density at radius 1 is 1.21 bits per heavy atom. The van der Waals surface area contributed by atoms with Crippen LogP contribution in [-0.2, 0) is 13.1 Å². The van der Waals surface area contributed by atoms with Gasteiger partial charge in [-0.05, 0) is 18.6 Å². The van der Waals surface area contributed by atoms with Crippen LogP contribution in [0.25, 0.3) is 11.0 Å². The van der Waals surface area contributed by atoms with Crippen LogP contribution in [0, 0.1) is 6.92 Å². The maximum absolute atomic E-state index is 12.6. The van der Waals surface area contributed by atoms with Gasteiger partial charge in [0.2, 0.25) is 5.95 Å². The number of aryl methyl sites for hydroxylation is 1. The van der Waals surface area contributed by atoms with Gasteiger partial charge in [0.1, 0.15) is 6.54 Å². The third-order valence-corrected chi connectivity index (χ3v) is 4.27. The highest BCUT2D eigenvalue weighted by molar-refractivity contribution is 5.75. The predicted molar refractivity (Wildman–Crippen MR) is 102 cm³/mol. The summed E-state index contributed by atoms with van der Waals surface area (Å²) in [4.78, 5) is 8.79. The van der Waals surface area contributed by atoms with Crippen LogP contribution in [0.1, 0.15) is 11.3 Å². The van der Waals surface area contributed by atoms with E-state index in [1.807, 2.05) is 24.3 Å². The van der Waals surface area contributed by atoms with Gasteiger partial charge in [-0.3, -0.25) is 4.68 Å². The lowest BCUT2D eigenvalue weighted by atomic mass is 10.2. The van der Waals surface area contributed by atoms with E-state index in [0.717, 1.165) is 10.9 Å². The molecule has 0 aliphatic rings. The Morgan fingerprint density at radius 2 is 2.04 bits per heavy atom. The third-order valence-electron chi connectivity index (χ3n) is 4.27. The molecule has 3 aromatic heterocycles. The molecule has 0 saturated carbocycles. The number of fused-ring (bicyclic) bond motifs is 1. The molecule has 4 rings (SSSR count). The number of aromatic nitrogens is 6. The molecule has 0 fully saturated rings. The molecule has 0 bridgehead atoms. The summed E-state index contributed by atoms with van der Waals surface area (Å²) >= 11 is 0. The van der Waals surface area contributed by atoms with Crippen molar-refractivity contribution in [1.29, 1.82) is 0 Å². The van der Waals surface area contributed by atoms with Crippen LogP contribution in [0.15, 0.2) is 42.9 Å². The number of nitrogen functional groups attached to an aromatic ring is 1. The first-order valence-electron chi connectivity index (χ1n) is 8.61. The van der Waals surface area contributed by atoms with Gasteiger partial charge in [-0.25, -0.2) is 18.4 Å². The van der Waals surface area contributed by atoms with Crippen LogP contribution in [0.4, 0.5) is 26.1 Å². The molecule has 0 radical (unpaired) electrons. The maximum atomic E-state index is 12.6. The zero-order valence-electron chi connectivity index (χ0n) is 15.0. The highest BCUT2D eigenvalue weighted by atomic mass is 19.3. The second kappa shape index (κ2) is 7.22. The Hall–Kier alpha value is -3.56. The number of alkyl halides is 2. The molecule has 0 unspecified atom stereocenters. The number of benzene rings is 1. The van der Waals surface area contributed by atoms with Crippen molar-refractivity contribution in [3.05, 3.63) is 54.1 Å². The summed E-state index contributed by atoms with van der Waals surface area (Å²) < 4.78 is 28.0. The zero-order valence-corrected chi connectivity index (χ0v) is 15.0. The van der Waals surface area contributed by atoms with Crippen molar-refractivity contribution >= 4 is 28.4 Å². The largest absolute Gasteiger partial charge is 0.398 e. The number of nitrogens with zero attached hydrogens (tertiary/aromatic N) is 6. The standard InChI is InChI=1S/C18H18F2N8/c1-11-15(9-27(26-11)10-16(19)20)24-18-22-6-13-7-23-28(17(13)25-18)8-12-4-2-3-5-14(12)21/h2-7,9,16H,8,10,21H2,1H3,(H,22,24,25). The van der Waals surface area contributed by atoms with Crippen LogP contribution in [0.3, 0.4) is 0 Å². The van der Waals surface area contributed by atoms with E-state index in [2.05, 4.69) is 25.5 Å². The molecular formula is C18H18F2N8. The lowest BCUT2D eigenvalue weighted by Crippen LogP contribution is -2.07. The van der Waals surface area contributed by atoms with Crippen LogP contribution < -0.4 is 11.1 Å². The normalized spacial score (nSPS) is 11.4. The summed E-state index contributed by atoms with van der Waals surface area (Å²) in [5.41, 5.74) is 9.42. The smallest absolute Gasteiger partial charge is 0.257 e. The third kappa shape index (κ3) is 3.61. The van der Waals surface area contributed by atoms with Gasteiger partial charge in [0, 0.05) is 18.1 Å². The molecule has 10 heteroatoms. The van der Waals surface area contributed by atoms with Gasteiger partial charge in [-0.15, -0.1) is 0 Å². The van der Waals surface area contributed by atoms with Gasteiger partial charge in [0.15, 0.2) is 5.65 Å². The number of hydrogen-bond donors (Lipinski definition) is 2. The van der Waals surface area contributed by atoms with E-state index in [1.165, 1.54) is 10.9 Å². The molecule has 144 valence electrons. The highest BCUT2D eigenvalue weighted by Crippen LogP contribution is 2.20. The van der Waals surface area contributed by atoms with E-state index in [1.54, 1.807) is 24.0 Å². The van der Waals surface area contributed by atoms with Crippen molar-refractivity contribution in [1.82, 2.24) is 29.5 Å². The fourth-order valence-electron chi connectivity index (χ4n) is 2.88. The first-order chi connectivity index (χ1) is 13.5. The molecule has 8 nitrogen and oxygen atoms in total. The van der Waals surface area contributed by atoms with E-state index < -0.39 is 13.0 Å². The molecule has 0 aliphatic carbocycles. The number of nitrogens with two attached hydrogens (primary N) is 1. The minimum Gasteiger partial charge on any atom is -0.398 e. The van der Waals surface area contributed by atoms with Crippen LogP contribution in [-0.4, -0.2) is 36.0 Å². The summed E-state index contributed by atoms with van der Waals surface area (Å²) in [7, 11) is 0. The van der Waals surface area contributed by atoms with Gasteiger partial charge in [0.25, 0.3) is 6.43 Å². The second-order valence-electron chi connectivity index (χ2n) is 6.34. The van der Waals surface area contributed by atoms with Crippen molar-refractivity contribution in [2.75, 3.05) is 11.1 Å². The number of hydrogen-bond acceptors (Lipinski definition) is 6. The quantitative estimate of drug-likeness (QED) is 0.496. The Labute approximate surface area is 159 Å². The van der Waals surface area contributed by atoms with E-state index in [9.17, 15) is 8.78 Å². The molecule has 4 aromatic rings. The Kier molecular flexibility index (Phi) is 4.60. The lowest BCUT2D eigenvalue weighted by Gasteiger charge is -2.07. The topological polar surface area (TPSA) is 99.5 Å². The van der Waals surface area contributed by atoms with Gasteiger partial charge in [-0.1, -0.05) is 18.2 Å². The van der Waals surface area contributed by atoms with Crippen LogP contribution >= 0.6 is 0 Å². The summed E-state index contributed by atoms with van der Waals surface area (Å²) in [5, 5.41) is 12.3. The predicted octanol–water partition coefficient (Wildman–Crippen LogP) is 2.97. The molecule has 28 heavy (non-hydrogen) atoms. The Balaban J connectivity index is 1.61. The van der Waals surface area contributed by atoms with Crippen molar-refractivity contribution in [2.24, 2.45) is 0 Å². The van der Waals surface area contributed by atoms with E-state index in [0.29, 0.717) is 35.2 Å². The van der Waals surface area contributed by atoms with E-state index in [-0.39, 0.29) is 0 Å². The first-order valence-corrected chi connectivity index (χ1v) is 8.61. The van der Waals surface area contributed by atoms with Gasteiger partial charge >= 0.3 is 0 Å². The summed E-state index contributed by atoms with van der Waals surface area (Å²) in [6.07, 6.45) is 2.38. The van der Waals surface area contributed by atoms with Gasteiger partial charge in [0.05, 0.1) is 29.5 Å². The van der Waals surface area contributed by atoms with Crippen molar-refractivity contribution < 1.29 is 8.78 Å². The second-order valence-corrected chi connectivity index (χ2v) is 6.34. The molecule has 1 aromatic carbocycles. The fraction of sp³-hybridized carbons (Fsp3) is 0.222. The monoisotopic (exact) mass is 384 g/mol. The molecular weight excluding hydrogens is 366 g/mol. The average molecular weight is 384 g/mol. The van der Waals surface area contributed by atoms with E-state index in [4.69, 9.17) is 5.73 Å². The number of halogens is 2. The first kappa shape index (κ1) is 17.8. The molecule has 0 saturated heterocycles. The summed E-state index contributed by atoms with van der Waals surface area (Å²) in [6.45, 7) is 1.73. The Bertz CT molecular complexity index is 1120. The van der Waals surface area contributed by atoms with Crippen LogP contribution in [0.5, 0.6) is 0 Å².